The third-order valence-electron chi connectivity index (χ3n) is 2.00. The normalized spacial score (nSPS) is 21.7. The number of carbonyl (C=O) groups excluding carboxylic acids is 1. The van der Waals surface area contributed by atoms with Gasteiger partial charge in [-0.1, -0.05) is 0 Å². The summed E-state index contributed by atoms with van der Waals surface area (Å²) in [7, 11) is 0. The molecular weight excluding hydrogens is 152 g/mol. The number of nitrogens with zero attached hydrogens (tertiary/aromatic N) is 2. The largest absolute Gasteiger partial charge is 0.272 e. The summed E-state index contributed by atoms with van der Waals surface area (Å²) in [5.41, 5.74) is 2.12. The fourth-order valence-corrected chi connectivity index (χ4v) is 1.54. The van der Waals surface area contributed by atoms with Crippen molar-refractivity contribution < 1.29 is 4.79 Å². The first-order chi connectivity index (χ1) is 5.68. The fourth-order valence-electron chi connectivity index (χ4n) is 1.54. The molecule has 0 radical (unpaired) electrons. The van der Waals surface area contributed by atoms with Crippen molar-refractivity contribution in [2.45, 2.75) is 13.8 Å². The predicted octanol–water partition coefficient (Wildman–Crippen LogP) is 1.09. The van der Waals surface area contributed by atoms with Gasteiger partial charge in [0.05, 0.1) is 0 Å². The Hall–Kier alpha value is -1.38. The van der Waals surface area contributed by atoms with Crippen molar-refractivity contribution in [3.8, 4) is 0 Å². The molecule has 0 fully saturated rings. The van der Waals surface area contributed by atoms with Crippen LogP contribution in [0.3, 0.4) is 0 Å². The van der Waals surface area contributed by atoms with Crippen molar-refractivity contribution in [2.75, 3.05) is 6.54 Å². The van der Waals surface area contributed by atoms with Gasteiger partial charge in [0.1, 0.15) is 12.4 Å². The summed E-state index contributed by atoms with van der Waals surface area (Å²) in [6.07, 6.45) is 3.92. The number of amidine groups is 1. The standard InChI is InChI=1S/C9H10N2O/c1-6-3-7(2)11-8(4-6)10-5-9(11)12/h3-4H,5H2,1-2H3. The molecule has 12 heavy (non-hydrogen) atoms. The molecule has 0 aliphatic carbocycles. The molecule has 0 saturated carbocycles. The molecular formula is C9H10N2O. The smallest absolute Gasteiger partial charge is 0.254 e. The highest BCUT2D eigenvalue weighted by atomic mass is 16.2. The van der Waals surface area contributed by atoms with Crippen LogP contribution in [0.2, 0.25) is 0 Å². The van der Waals surface area contributed by atoms with E-state index in [4.69, 9.17) is 0 Å². The van der Waals surface area contributed by atoms with Gasteiger partial charge in [0, 0.05) is 5.70 Å². The summed E-state index contributed by atoms with van der Waals surface area (Å²) in [5.74, 6) is 0.861. The summed E-state index contributed by atoms with van der Waals surface area (Å²) in [4.78, 5) is 17.0. The Morgan fingerprint density at radius 3 is 2.92 bits per heavy atom. The zero-order valence-electron chi connectivity index (χ0n) is 7.16. The van der Waals surface area contributed by atoms with E-state index in [1.165, 1.54) is 0 Å². The molecule has 3 heteroatoms. The Balaban J connectivity index is 2.46. The summed E-state index contributed by atoms with van der Waals surface area (Å²) >= 11 is 0. The average Bonchev–Trinajstić information content (AvgIpc) is 2.31. The van der Waals surface area contributed by atoms with Crippen molar-refractivity contribution in [1.29, 1.82) is 0 Å². The van der Waals surface area contributed by atoms with Gasteiger partial charge >= 0.3 is 0 Å². The lowest BCUT2D eigenvalue weighted by Gasteiger charge is -2.21. The fraction of sp³-hybridized carbons (Fsp3) is 0.333. The van der Waals surface area contributed by atoms with Gasteiger partial charge in [0.15, 0.2) is 0 Å². The topological polar surface area (TPSA) is 32.7 Å². The maximum absolute atomic E-state index is 11.3. The lowest BCUT2D eigenvalue weighted by molar-refractivity contribution is -0.123. The third kappa shape index (κ3) is 0.897. The van der Waals surface area contributed by atoms with E-state index in [0.29, 0.717) is 6.54 Å². The summed E-state index contributed by atoms with van der Waals surface area (Å²) in [6.45, 7) is 4.23. The van der Waals surface area contributed by atoms with E-state index in [0.717, 1.165) is 17.1 Å². The molecule has 2 heterocycles. The van der Waals surface area contributed by atoms with E-state index in [1.54, 1.807) is 4.90 Å². The van der Waals surface area contributed by atoms with Gasteiger partial charge in [-0.25, -0.2) is 0 Å². The zero-order valence-corrected chi connectivity index (χ0v) is 7.16. The highest BCUT2D eigenvalue weighted by Gasteiger charge is 2.27. The van der Waals surface area contributed by atoms with Crippen molar-refractivity contribution >= 4 is 11.7 Å². The van der Waals surface area contributed by atoms with E-state index < -0.39 is 0 Å². The maximum Gasteiger partial charge on any atom is 0.254 e. The number of hydrogen-bond donors (Lipinski definition) is 0. The van der Waals surface area contributed by atoms with Crippen LogP contribution in [0.1, 0.15) is 13.8 Å². The van der Waals surface area contributed by atoms with Gasteiger partial charge in [0.25, 0.3) is 5.91 Å². The molecule has 0 aromatic rings. The van der Waals surface area contributed by atoms with Crippen molar-refractivity contribution in [2.24, 2.45) is 4.99 Å². The van der Waals surface area contributed by atoms with Crippen molar-refractivity contribution in [1.82, 2.24) is 4.90 Å². The lowest BCUT2D eigenvalue weighted by atomic mass is 10.1. The first kappa shape index (κ1) is 7.28. The molecule has 0 aromatic carbocycles. The van der Waals surface area contributed by atoms with E-state index in [1.807, 2.05) is 26.0 Å². The molecule has 1 amide bonds. The second-order valence-electron chi connectivity index (χ2n) is 3.08. The highest BCUT2D eigenvalue weighted by molar-refractivity contribution is 6.11. The number of rotatable bonds is 0. The molecule has 2 aliphatic heterocycles. The van der Waals surface area contributed by atoms with Gasteiger partial charge < -0.3 is 0 Å². The highest BCUT2D eigenvalue weighted by Crippen LogP contribution is 2.19. The Bertz CT molecular complexity index is 336. The molecule has 2 rings (SSSR count). The average molecular weight is 162 g/mol. The van der Waals surface area contributed by atoms with Crippen LogP contribution in [0.15, 0.2) is 28.4 Å². The Kier molecular flexibility index (Phi) is 1.40. The van der Waals surface area contributed by atoms with Crippen LogP contribution in [-0.2, 0) is 4.79 Å². The number of allylic oxidation sites excluding steroid dienone is 3. The van der Waals surface area contributed by atoms with Crippen LogP contribution in [0.4, 0.5) is 0 Å². The number of carbonyl (C=O) groups is 1. The Morgan fingerprint density at radius 1 is 1.42 bits per heavy atom. The minimum Gasteiger partial charge on any atom is -0.272 e. The molecule has 0 N–H and O–H groups in total. The first-order valence-corrected chi connectivity index (χ1v) is 3.92. The molecule has 3 nitrogen and oxygen atoms in total. The first-order valence-electron chi connectivity index (χ1n) is 3.92. The monoisotopic (exact) mass is 162 g/mol. The number of aliphatic imine (C=N–C) groups is 1. The van der Waals surface area contributed by atoms with Crippen LogP contribution in [-0.4, -0.2) is 23.2 Å². The molecule has 0 aromatic heterocycles. The Labute approximate surface area is 71.1 Å². The maximum atomic E-state index is 11.3. The molecule has 0 saturated heterocycles. The van der Waals surface area contributed by atoms with Crippen molar-refractivity contribution in [3.05, 3.63) is 23.4 Å². The zero-order chi connectivity index (χ0) is 8.72. The second kappa shape index (κ2) is 2.30. The minimum absolute atomic E-state index is 0.0718. The Morgan fingerprint density at radius 2 is 2.17 bits per heavy atom. The molecule has 0 spiro atoms. The molecule has 0 bridgehead atoms. The number of hydrogen-bond acceptors (Lipinski definition) is 2. The van der Waals surface area contributed by atoms with Crippen LogP contribution in [0, 0.1) is 0 Å². The third-order valence-corrected chi connectivity index (χ3v) is 2.00. The van der Waals surface area contributed by atoms with Crippen molar-refractivity contribution in [3.63, 3.8) is 0 Å². The van der Waals surface area contributed by atoms with E-state index >= 15 is 0 Å². The summed E-state index contributed by atoms with van der Waals surface area (Å²) in [6, 6.07) is 0. The quantitative estimate of drug-likeness (QED) is 0.524. The lowest BCUT2D eigenvalue weighted by Crippen LogP contribution is -2.31. The molecule has 2 aliphatic rings. The van der Waals surface area contributed by atoms with Crippen LogP contribution >= 0.6 is 0 Å². The van der Waals surface area contributed by atoms with Gasteiger partial charge in [0.2, 0.25) is 0 Å². The molecule has 0 atom stereocenters. The number of amides is 1. The SMILES string of the molecule is CC1=CC2=NCC(=O)N2C(C)=C1. The second-order valence-corrected chi connectivity index (χ2v) is 3.08. The predicted molar refractivity (Wildman–Crippen MR) is 46.7 cm³/mol. The van der Waals surface area contributed by atoms with Crippen LogP contribution in [0.5, 0.6) is 0 Å². The molecule has 0 unspecified atom stereocenters. The summed E-state index contributed by atoms with van der Waals surface area (Å²) < 4.78 is 0. The van der Waals surface area contributed by atoms with Gasteiger partial charge in [-0.15, -0.1) is 0 Å². The van der Waals surface area contributed by atoms with Gasteiger partial charge in [-0.3, -0.25) is 14.7 Å². The van der Waals surface area contributed by atoms with Crippen LogP contribution in [0.25, 0.3) is 0 Å². The van der Waals surface area contributed by atoms with Crippen LogP contribution < -0.4 is 0 Å². The van der Waals surface area contributed by atoms with E-state index in [2.05, 4.69) is 4.99 Å². The number of fused-ring (bicyclic) bond motifs is 1. The minimum atomic E-state index is 0.0718. The summed E-state index contributed by atoms with van der Waals surface area (Å²) in [5, 5.41) is 0. The van der Waals surface area contributed by atoms with Gasteiger partial charge in [-0.05, 0) is 31.6 Å². The van der Waals surface area contributed by atoms with Gasteiger partial charge in [-0.2, -0.15) is 0 Å². The molecule has 62 valence electrons. The van der Waals surface area contributed by atoms with E-state index in [9.17, 15) is 4.79 Å². The van der Waals surface area contributed by atoms with E-state index in [-0.39, 0.29) is 5.91 Å².